The molecule has 0 spiro atoms. The number of sulfonamides is 1. The molecule has 2 heterocycles. The van der Waals surface area contributed by atoms with Crippen LogP contribution in [0.2, 0.25) is 0 Å². The Labute approximate surface area is 168 Å². The van der Waals surface area contributed by atoms with Crippen molar-refractivity contribution in [2.24, 2.45) is 0 Å². The number of rotatable bonds is 8. The Kier molecular flexibility index (Phi) is 7.05. The number of thioether (sulfide) groups is 1. The first-order chi connectivity index (χ1) is 13.5. The molecule has 1 aromatic heterocycles. The second-order valence-electron chi connectivity index (χ2n) is 6.13. The zero-order valence-corrected chi connectivity index (χ0v) is 17.2. The monoisotopic (exact) mass is 425 g/mol. The lowest BCUT2D eigenvalue weighted by molar-refractivity contribution is -0.118. The number of benzene rings is 1. The van der Waals surface area contributed by atoms with Crippen molar-refractivity contribution in [1.82, 2.24) is 24.4 Å². The van der Waals surface area contributed by atoms with Crippen LogP contribution in [0.25, 0.3) is 0 Å². The topological polar surface area (TPSA) is 106 Å². The van der Waals surface area contributed by atoms with Crippen LogP contribution in [0.5, 0.6) is 0 Å². The third kappa shape index (κ3) is 5.10. The van der Waals surface area contributed by atoms with Gasteiger partial charge in [-0.15, -0.1) is 10.2 Å². The van der Waals surface area contributed by atoms with Crippen LogP contribution in [-0.2, 0) is 32.6 Å². The molecule has 152 valence electrons. The average Bonchev–Trinajstić information content (AvgIpc) is 3.19. The molecule has 1 fully saturated rings. The number of ether oxygens (including phenoxy) is 1. The van der Waals surface area contributed by atoms with E-state index in [0.29, 0.717) is 38.0 Å². The highest BCUT2D eigenvalue weighted by atomic mass is 32.2. The summed E-state index contributed by atoms with van der Waals surface area (Å²) in [5.41, 5.74) is 0.830. The van der Waals surface area contributed by atoms with Gasteiger partial charge in [0, 0.05) is 26.2 Å². The Morgan fingerprint density at radius 2 is 1.96 bits per heavy atom. The normalized spacial score (nSPS) is 15.5. The van der Waals surface area contributed by atoms with Crippen LogP contribution in [0, 0.1) is 0 Å². The Balaban J connectivity index is 1.50. The van der Waals surface area contributed by atoms with Crippen molar-refractivity contribution >= 4 is 27.7 Å². The van der Waals surface area contributed by atoms with Gasteiger partial charge in [-0.3, -0.25) is 4.79 Å². The van der Waals surface area contributed by atoms with Crippen molar-refractivity contribution in [2.45, 2.75) is 30.1 Å². The van der Waals surface area contributed by atoms with Gasteiger partial charge in [-0.05, 0) is 24.6 Å². The number of nitrogens with zero attached hydrogens (tertiary/aromatic N) is 4. The number of carbonyl (C=O) groups excluding carboxylic acids is 1. The van der Waals surface area contributed by atoms with Gasteiger partial charge in [-0.2, -0.15) is 4.31 Å². The molecule has 0 unspecified atom stereocenters. The highest BCUT2D eigenvalue weighted by molar-refractivity contribution is 7.99. The Morgan fingerprint density at radius 3 is 2.64 bits per heavy atom. The van der Waals surface area contributed by atoms with Crippen molar-refractivity contribution < 1.29 is 17.9 Å². The summed E-state index contributed by atoms with van der Waals surface area (Å²) in [4.78, 5) is 12.3. The van der Waals surface area contributed by atoms with Crippen LogP contribution in [0.4, 0.5) is 0 Å². The summed E-state index contributed by atoms with van der Waals surface area (Å²) in [6.45, 7) is 4.61. The van der Waals surface area contributed by atoms with Gasteiger partial charge in [-0.1, -0.05) is 23.9 Å². The fraction of sp³-hybridized carbons (Fsp3) is 0.471. The number of aryl methyl sites for hydroxylation is 1. The smallest absolute Gasteiger partial charge is 0.243 e. The summed E-state index contributed by atoms with van der Waals surface area (Å²) >= 11 is 1.33. The highest BCUT2D eigenvalue weighted by Crippen LogP contribution is 2.18. The van der Waals surface area contributed by atoms with E-state index in [2.05, 4.69) is 15.5 Å². The largest absolute Gasteiger partial charge is 0.379 e. The SMILES string of the molecule is CCn1cnnc1SCC(=O)NCc1ccc(S(=O)(=O)N2CCOCC2)cc1. The number of carbonyl (C=O) groups is 1. The Morgan fingerprint density at radius 1 is 1.25 bits per heavy atom. The predicted octanol–water partition coefficient (Wildman–Crippen LogP) is 0.727. The lowest BCUT2D eigenvalue weighted by Crippen LogP contribution is -2.40. The quantitative estimate of drug-likeness (QED) is 0.621. The molecule has 1 aliphatic rings. The first kappa shape index (κ1) is 20.8. The molecule has 9 nitrogen and oxygen atoms in total. The third-order valence-corrected chi connectivity index (χ3v) is 7.17. The fourth-order valence-corrected chi connectivity index (χ4v) is 4.89. The van der Waals surface area contributed by atoms with E-state index in [-0.39, 0.29) is 16.6 Å². The van der Waals surface area contributed by atoms with Gasteiger partial charge in [0.2, 0.25) is 15.9 Å². The van der Waals surface area contributed by atoms with E-state index in [4.69, 9.17) is 4.74 Å². The van der Waals surface area contributed by atoms with Gasteiger partial charge in [0.05, 0.1) is 23.9 Å². The summed E-state index contributed by atoms with van der Waals surface area (Å²) in [6.07, 6.45) is 1.63. The first-order valence-electron chi connectivity index (χ1n) is 8.95. The van der Waals surface area contributed by atoms with E-state index in [1.165, 1.54) is 16.1 Å². The molecule has 0 aliphatic carbocycles. The molecule has 28 heavy (non-hydrogen) atoms. The van der Waals surface area contributed by atoms with Crippen LogP contribution >= 0.6 is 11.8 Å². The van der Waals surface area contributed by atoms with Crippen molar-refractivity contribution in [3.63, 3.8) is 0 Å². The molecule has 0 radical (unpaired) electrons. The third-order valence-electron chi connectivity index (χ3n) is 4.27. The molecular weight excluding hydrogens is 402 g/mol. The summed E-state index contributed by atoms with van der Waals surface area (Å²) in [7, 11) is -3.50. The summed E-state index contributed by atoms with van der Waals surface area (Å²) in [5.74, 6) is 0.114. The van der Waals surface area contributed by atoms with Crippen molar-refractivity contribution in [3.05, 3.63) is 36.2 Å². The van der Waals surface area contributed by atoms with Gasteiger partial charge in [-0.25, -0.2) is 8.42 Å². The maximum Gasteiger partial charge on any atom is 0.243 e. The molecular formula is C17H23N5O4S2. The number of hydrogen-bond acceptors (Lipinski definition) is 7. The zero-order chi connectivity index (χ0) is 20.0. The Hall–Kier alpha value is -1.95. The van der Waals surface area contributed by atoms with E-state index < -0.39 is 10.0 Å². The lowest BCUT2D eigenvalue weighted by atomic mass is 10.2. The van der Waals surface area contributed by atoms with Gasteiger partial charge in [0.25, 0.3) is 0 Å². The molecule has 0 atom stereocenters. The van der Waals surface area contributed by atoms with Crippen molar-refractivity contribution in [3.8, 4) is 0 Å². The minimum atomic E-state index is -3.50. The standard InChI is InChI=1S/C17H23N5O4S2/c1-2-21-13-19-20-17(21)27-12-16(23)18-11-14-3-5-15(6-4-14)28(24,25)22-7-9-26-10-8-22/h3-6,13H,2,7-12H2,1H3,(H,18,23). The number of amides is 1. The van der Waals surface area contributed by atoms with E-state index in [9.17, 15) is 13.2 Å². The van der Waals surface area contributed by atoms with Crippen molar-refractivity contribution in [1.29, 1.82) is 0 Å². The number of aromatic nitrogens is 3. The van der Waals surface area contributed by atoms with Crippen LogP contribution in [0.15, 0.2) is 40.6 Å². The lowest BCUT2D eigenvalue weighted by Gasteiger charge is -2.26. The molecule has 2 aromatic rings. The molecule has 1 amide bonds. The molecule has 0 bridgehead atoms. The number of morpholine rings is 1. The number of hydrogen-bond donors (Lipinski definition) is 1. The Bertz CT molecular complexity index is 893. The fourth-order valence-electron chi connectivity index (χ4n) is 2.67. The molecule has 1 aliphatic heterocycles. The van der Waals surface area contributed by atoms with Crippen LogP contribution in [0.1, 0.15) is 12.5 Å². The van der Waals surface area contributed by atoms with E-state index in [0.717, 1.165) is 12.1 Å². The second kappa shape index (κ2) is 9.50. The minimum Gasteiger partial charge on any atom is -0.379 e. The van der Waals surface area contributed by atoms with E-state index >= 15 is 0 Å². The van der Waals surface area contributed by atoms with Crippen LogP contribution in [0.3, 0.4) is 0 Å². The van der Waals surface area contributed by atoms with Gasteiger partial charge < -0.3 is 14.6 Å². The average molecular weight is 426 g/mol. The minimum absolute atomic E-state index is 0.124. The molecule has 0 saturated carbocycles. The van der Waals surface area contributed by atoms with E-state index in [1.54, 1.807) is 30.6 Å². The van der Waals surface area contributed by atoms with Gasteiger partial charge in [0.1, 0.15) is 6.33 Å². The number of nitrogens with one attached hydrogen (secondary N) is 1. The molecule has 1 aromatic carbocycles. The maximum atomic E-state index is 12.6. The second-order valence-corrected chi connectivity index (χ2v) is 9.01. The zero-order valence-electron chi connectivity index (χ0n) is 15.6. The predicted molar refractivity (Wildman–Crippen MR) is 104 cm³/mol. The van der Waals surface area contributed by atoms with Crippen molar-refractivity contribution in [2.75, 3.05) is 32.1 Å². The van der Waals surface area contributed by atoms with E-state index in [1.807, 2.05) is 11.5 Å². The van der Waals surface area contributed by atoms with Crippen LogP contribution < -0.4 is 5.32 Å². The van der Waals surface area contributed by atoms with Crippen LogP contribution in [-0.4, -0.2) is 65.5 Å². The van der Waals surface area contributed by atoms with Gasteiger partial charge in [0.15, 0.2) is 5.16 Å². The molecule has 11 heteroatoms. The summed E-state index contributed by atoms with van der Waals surface area (Å²) in [6, 6.07) is 6.58. The summed E-state index contributed by atoms with van der Waals surface area (Å²) in [5, 5.41) is 11.3. The molecule has 1 N–H and O–H groups in total. The van der Waals surface area contributed by atoms with Gasteiger partial charge >= 0.3 is 0 Å². The molecule has 1 saturated heterocycles. The summed E-state index contributed by atoms with van der Waals surface area (Å²) < 4.78 is 33.7. The molecule has 3 rings (SSSR count). The maximum absolute atomic E-state index is 12.6. The highest BCUT2D eigenvalue weighted by Gasteiger charge is 2.26. The first-order valence-corrected chi connectivity index (χ1v) is 11.4.